The normalized spacial score (nSPS) is 22.4. The summed E-state index contributed by atoms with van der Waals surface area (Å²) >= 11 is 0. The SMILES string of the molecule is CC(N)Cc1noc([C@@H]2CCCO2)n1.Cl. The Kier molecular flexibility index (Phi) is 4.50. The standard InChI is InChI=1S/C9H15N3O2.ClH/c1-6(10)5-8-11-9(14-12-8)7-3-2-4-13-7;/h6-7H,2-5,10H2,1H3;1H/t6?,7-;/m0./s1. The van der Waals surface area contributed by atoms with Gasteiger partial charge in [0.05, 0.1) is 0 Å². The van der Waals surface area contributed by atoms with Gasteiger partial charge in [0.15, 0.2) is 5.82 Å². The van der Waals surface area contributed by atoms with Crippen LogP contribution in [0.15, 0.2) is 4.52 Å². The van der Waals surface area contributed by atoms with Crippen molar-refractivity contribution >= 4 is 12.4 Å². The van der Waals surface area contributed by atoms with Crippen LogP contribution in [0, 0.1) is 0 Å². The van der Waals surface area contributed by atoms with Crippen LogP contribution in [0.25, 0.3) is 0 Å². The first kappa shape index (κ1) is 12.4. The van der Waals surface area contributed by atoms with Crippen LogP contribution in [-0.4, -0.2) is 22.8 Å². The van der Waals surface area contributed by atoms with E-state index in [0.717, 1.165) is 19.4 Å². The maximum absolute atomic E-state index is 5.63. The lowest BCUT2D eigenvalue weighted by molar-refractivity contribution is 0.0835. The minimum absolute atomic E-state index is 0. The molecule has 5 nitrogen and oxygen atoms in total. The lowest BCUT2D eigenvalue weighted by atomic mass is 10.2. The molecule has 0 radical (unpaired) electrons. The lowest BCUT2D eigenvalue weighted by Crippen LogP contribution is -2.18. The summed E-state index contributed by atoms with van der Waals surface area (Å²) in [5.41, 5.74) is 5.63. The van der Waals surface area contributed by atoms with Gasteiger partial charge in [0.2, 0.25) is 0 Å². The molecule has 2 atom stereocenters. The lowest BCUT2D eigenvalue weighted by Gasteiger charge is -2.00. The summed E-state index contributed by atoms with van der Waals surface area (Å²) in [6.45, 7) is 2.71. The third kappa shape index (κ3) is 3.15. The molecule has 6 heteroatoms. The van der Waals surface area contributed by atoms with Gasteiger partial charge in [-0.15, -0.1) is 12.4 Å². The van der Waals surface area contributed by atoms with Crippen molar-refractivity contribution in [1.82, 2.24) is 10.1 Å². The molecular weight excluding hydrogens is 218 g/mol. The molecule has 2 N–H and O–H groups in total. The van der Waals surface area contributed by atoms with Gasteiger partial charge in [-0.25, -0.2) is 0 Å². The predicted molar refractivity (Wildman–Crippen MR) is 56.8 cm³/mol. The van der Waals surface area contributed by atoms with E-state index in [-0.39, 0.29) is 24.6 Å². The Hall–Kier alpha value is -0.650. The molecule has 1 unspecified atom stereocenters. The monoisotopic (exact) mass is 233 g/mol. The Balaban J connectivity index is 0.00000112. The molecule has 1 aliphatic heterocycles. The number of nitrogens with two attached hydrogens (primary N) is 1. The zero-order valence-electron chi connectivity index (χ0n) is 8.68. The summed E-state index contributed by atoms with van der Waals surface area (Å²) in [6, 6.07) is 0.0601. The van der Waals surface area contributed by atoms with Crippen molar-refractivity contribution in [3.05, 3.63) is 11.7 Å². The topological polar surface area (TPSA) is 74.2 Å². The van der Waals surface area contributed by atoms with Gasteiger partial charge in [0.25, 0.3) is 5.89 Å². The second kappa shape index (κ2) is 5.44. The van der Waals surface area contributed by atoms with Gasteiger partial charge >= 0.3 is 0 Å². The van der Waals surface area contributed by atoms with Crippen LogP contribution in [0.2, 0.25) is 0 Å². The predicted octanol–water partition coefficient (Wildman–Crippen LogP) is 1.23. The summed E-state index contributed by atoms with van der Waals surface area (Å²) in [5, 5.41) is 3.85. The summed E-state index contributed by atoms with van der Waals surface area (Å²) in [7, 11) is 0. The first-order valence-corrected chi connectivity index (χ1v) is 4.95. The van der Waals surface area contributed by atoms with Crippen molar-refractivity contribution in [2.75, 3.05) is 6.61 Å². The summed E-state index contributed by atoms with van der Waals surface area (Å²) in [6.07, 6.45) is 2.69. The van der Waals surface area contributed by atoms with Crippen LogP contribution in [-0.2, 0) is 11.2 Å². The van der Waals surface area contributed by atoms with Crippen LogP contribution >= 0.6 is 12.4 Å². The average Bonchev–Trinajstić information content (AvgIpc) is 2.69. The molecule has 1 aromatic heterocycles. The van der Waals surface area contributed by atoms with Crippen molar-refractivity contribution in [3.63, 3.8) is 0 Å². The maximum atomic E-state index is 5.63. The molecule has 1 saturated heterocycles. The Morgan fingerprint density at radius 1 is 1.60 bits per heavy atom. The van der Waals surface area contributed by atoms with Crippen LogP contribution in [0.1, 0.15) is 37.6 Å². The minimum Gasteiger partial charge on any atom is -0.368 e. The zero-order chi connectivity index (χ0) is 9.97. The highest BCUT2D eigenvalue weighted by Gasteiger charge is 2.23. The molecule has 0 spiro atoms. The van der Waals surface area contributed by atoms with Gasteiger partial charge in [-0.2, -0.15) is 4.98 Å². The van der Waals surface area contributed by atoms with E-state index in [1.165, 1.54) is 0 Å². The van der Waals surface area contributed by atoms with Crippen molar-refractivity contribution in [1.29, 1.82) is 0 Å². The van der Waals surface area contributed by atoms with E-state index in [1.807, 2.05) is 6.92 Å². The van der Waals surface area contributed by atoms with E-state index in [1.54, 1.807) is 0 Å². The van der Waals surface area contributed by atoms with E-state index in [4.69, 9.17) is 15.0 Å². The smallest absolute Gasteiger partial charge is 0.255 e. The number of aromatic nitrogens is 2. The summed E-state index contributed by atoms with van der Waals surface area (Å²) in [5.74, 6) is 1.27. The Labute approximate surface area is 94.8 Å². The largest absolute Gasteiger partial charge is 0.368 e. The third-order valence-electron chi connectivity index (χ3n) is 2.19. The quantitative estimate of drug-likeness (QED) is 0.850. The van der Waals surface area contributed by atoms with Gasteiger partial charge in [-0.1, -0.05) is 5.16 Å². The van der Waals surface area contributed by atoms with E-state index in [2.05, 4.69) is 10.1 Å². The highest BCUT2D eigenvalue weighted by molar-refractivity contribution is 5.85. The number of hydrogen-bond acceptors (Lipinski definition) is 5. The minimum atomic E-state index is 0. The van der Waals surface area contributed by atoms with E-state index in [0.29, 0.717) is 18.1 Å². The first-order valence-electron chi connectivity index (χ1n) is 4.95. The fourth-order valence-corrected chi connectivity index (χ4v) is 1.54. The van der Waals surface area contributed by atoms with Gasteiger partial charge < -0.3 is 15.0 Å². The molecule has 0 bridgehead atoms. The molecule has 0 amide bonds. The fourth-order valence-electron chi connectivity index (χ4n) is 1.54. The van der Waals surface area contributed by atoms with Crippen molar-refractivity contribution in [2.24, 2.45) is 5.73 Å². The van der Waals surface area contributed by atoms with Crippen LogP contribution in [0.5, 0.6) is 0 Å². The summed E-state index contributed by atoms with van der Waals surface area (Å²) in [4.78, 5) is 4.25. The van der Waals surface area contributed by atoms with Gasteiger partial charge in [-0.3, -0.25) is 0 Å². The fraction of sp³-hybridized carbons (Fsp3) is 0.778. The molecule has 0 aliphatic carbocycles. The van der Waals surface area contributed by atoms with Crippen molar-refractivity contribution in [2.45, 2.75) is 38.3 Å². The second-order valence-corrected chi connectivity index (χ2v) is 3.73. The molecule has 2 heterocycles. The number of nitrogens with zero attached hydrogens (tertiary/aromatic N) is 2. The molecule has 1 aromatic rings. The molecule has 1 fully saturated rings. The van der Waals surface area contributed by atoms with Gasteiger partial charge in [-0.05, 0) is 19.8 Å². The average molecular weight is 234 g/mol. The van der Waals surface area contributed by atoms with Gasteiger partial charge in [0, 0.05) is 19.1 Å². The molecular formula is C9H16ClN3O2. The van der Waals surface area contributed by atoms with Crippen LogP contribution in [0.4, 0.5) is 0 Å². The molecule has 15 heavy (non-hydrogen) atoms. The Bertz CT molecular complexity index is 297. The second-order valence-electron chi connectivity index (χ2n) is 3.73. The van der Waals surface area contributed by atoms with Crippen LogP contribution < -0.4 is 5.73 Å². The first-order chi connectivity index (χ1) is 6.75. The van der Waals surface area contributed by atoms with E-state index >= 15 is 0 Å². The number of hydrogen-bond donors (Lipinski definition) is 1. The van der Waals surface area contributed by atoms with Crippen molar-refractivity contribution in [3.8, 4) is 0 Å². The third-order valence-corrected chi connectivity index (χ3v) is 2.19. The maximum Gasteiger partial charge on any atom is 0.255 e. The molecule has 2 rings (SSSR count). The number of ether oxygens (including phenoxy) is 1. The van der Waals surface area contributed by atoms with E-state index < -0.39 is 0 Å². The molecule has 86 valence electrons. The van der Waals surface area contributed by atoms with Gasteiger partial charge in [0.1, 0.15) is 6.10 Å². The zero-order valence-corrected chi connectivity index (χ0v) is 9.50. The van der Waals surface area contributed by atoms with Crippen molar-refractivity contribution < 1.29 is 9.26 Å². The molecule has 0 saturated carbocycles. The Morgan fingerprint density at radius 2 is 2.40 bits per heavy atom. The Morgan fingerprint density at radius 3 is 3.00 bits per heavy atom. The number of halogens is 1. The highest BCUT2D eigenvalue weighted by atomic mass is 35.5. The molecule has 0 aromatic carbocycles. The van der Waals surface area contributed by atoms with Crippen LogP contribution in [0.3, 0.4) is 0 Å². The number of rotatable bonds is 3. The summed E-state index contributed by atoms with van der Waals surface area (Å²) < 4.78 is 10.5. The molecule has 1 aliphatic rings. The highest BCUT2D eigenvalue weighted by Crippen LogP contribution is 2.26. The van der Waals surface area contributed by atoms with E-state index in [9.17, 15) is 0 Å².